The first kappa shape index (κ1) is 16.2. The lowest BCUT2D eigenvalue weighted by Crippen LogP contribution is -2.52. The summed E-state index contributed by atoms with van der Waals surface area (Å²) in [5, 5.41) is 14.4. The maximum atomic E-state index is 12.0. The van der Waals surface area contributed by atoms with E-state index in [-0.39, 0.29) is 0 Å². The number of hydrogen-bond acceptors (Lipinski definition) is 4. The molecule has 0 aromatic rings. The summed E-state index contributed by atoms with van der Waals surface area (Å²) in [5.41, 5.74) is 4.97. The zero-order chi connectivity index (χ0) is 15.1. The summed E-state index contributed by atoms with van der Waals surface area (Å²) in [6.45, 7) is 1.98. The minimum Gasteiger partial charge on any atom is -0.480 e. The number of carbonyl (C=O) groups excluding carboxylic acids is 2. The van der Waals surface area contributed by atoms with Gasteiger partial charge >= 0.3 is 12.0 Å². The molecular weight excluding hydrogens is 264 g/mol. The van der Waals surface area contributed by atoms with Crippen molar-refractivity contribution in [1.82, 2.24) is 15.5 Å². The van der Waals surface area contributed by atoms with Crippen LogP contribution in [-0.4, -0.2) is 60.6 Å². The molecule has 0 spiro atoms. The summed E-state index contributed by atoms with van der Waals surface area (Å²) in [7, 11) is 1.85. The Hall–Kier alpha value is -1.83. The fourth-order valence-corrected chi connectivity index (χ4v) is 2.35. The van der Waals surface area contributed by atoms with Crippen LogP contribution in [0.5, 0.6) is 0 Å². The molecule has 8 heteroatoms. The maximum Gasteiger partial charge on any atom is 0.326 e. The van der Waals surface area contributed by atoms with Crippen LogP contribution in [0.4, 0.5) is 4.79 Å². The first-order valence-corrected chi connectivity index (χ1v) is 6.65. The molecule has 0 aliphatic carbocycles. The fraction of sp³-hybridized carbons (Fsp3) is 0.750. The number of carboxylic acid groups (broad SMARTS) is 1. The second-order valence-electron chi connectivity index (χ2n) is 5.02. The normalized spacial score (nSPS) is 20.2. The van der Waals surface area contributed by atoms with Crippen molar-refractivity contribution in [2.24, 2.45) is 11.7 Å². The van der Waals surface area contributed by atoms with Crippen molar-refractivity contribution in [2.45, 2.75) is 25.3 Å². The highest BCUT2D eigenvalue weighted by Crippen LogP contribution is 2.15. The Balaban J connectivity index is 2.55. The third-order valence-corrected chi connectivity index (χ3v) is 3.30. The number of carbonyl (C=O) groups is 3. The second-order valence-corrected chi connectivity index (χ2v) is 5.02. The number of hydrogen-bond donors (Lipinski definition) is 4. The van der Waals surface area contributed by atoms with Crippen molar-refractivity contribution in [2.75, 3.05) is 26.7 Å². The fourth-order valence-electron chi connectivity index (χ4n) is 2.35. The van der Waals surface area contributed by atoms with Crippen LogP contribution in [-0.2, 0) is 9.59 Å². The number of piperidine rings is 1. The third kappa shape index (κ3) is 5.04. The van der Waals surface area contributed by atoms with Gasteiger partial charge in [0.15, 0.2) is 0 Å². The minimum absolute atomic E-state index is 0.360. The molecule has 1 rings (SSSR count). The van der Waals surface area contributed by atoms with Crippen LogP contribution in [0.1, 0.15) is 19.3 Å². The number of nitrogens with one attached hydrogen (secondary N) is 2. The van der Waals surface area contributed by atoms with Gasteiger partial charge in [-0.3, -0.25) is 4.79 Å². The smallest absolute Gasteiger partial charge is 0.326 e. The van der Waals surface area contributed by atoms with E-state index in [9.17, 15) is 14.4 Å². The predicted molar refractivity (Wildman–Crippen MR) is 72.0 cm³/mol. The van der Waals surface area contributed by atoms with Crippen molar-refractivity contribution in [1.29, 1.82) is 0 Å². The van der Waals surface area contributed by atoms with Gasteiger partial charge in [0.2, 0.25) is 5.91 Å². The molecule has 2 atom stereocenters. The molecule has 0 bridgehead atoms. The lowest BCUT2D eigenvalue weighted by atomic mass is 9.98. The van der Waals surface area contributed by atoms with Crippen molar-refractivity contribution >= 4 is 17.9 Å². The van der Waals surface area contributed by atoms with Crippen molar-refractivity contribution < 1.29 is 19.5 Å². The SMILES string of the molecule is CNCC1CCCN(C(=O)NC(CC(N)=O)C(=O)O)C1. The summed E-state index contributed by atoms with van der Waals surface area (Å²) in [5.74, 6) is -1.66. The number of nitrogens with two attached hydrogens (primary N) is 1. The Morgan fingerprint density at radius 1 is 1.45 bits per heavy atom. The highest BCUT2D eigenvalue weighted by molar-refractivity contribution is 5.87. The zero-order valence-corrected chi connectivity index (χ0v) is 11.6. The Bertz CT molecular complexity index is 372. The van der Waals surface area contributed by atoms with Crippen LogP contribution in [0.3, 0.4) is 0 Å². The summed E-state index contributed by atoms with van der Waals surface area (Å²) < 4.78 is 0. The largest absolute Gasteiger partial charge is 0.480 e. The van der Waals surface area contributed by atoms with Crippen molar-refractivity contribution in [3.8, 4) is 0 Å². The van der Waals surface area contributed by atoms with Gasteiger partial charge in [0.05, 0.1) is 6.42 Å². The molecule has 8 nitrogen and oxygen atoms in total. The standard InChI is InChI=1S/C12H22N4O4/c1-14-6-8-3-2-4-16(7-8)12(20)15-9(11(18)19)5-10(13)17/h8-9,14H,2-7H2,1H3,(H2,13,17)(H,15,20)(H,18,19). The highest BCUT2D eigenvalue weighted by atomic mass is 16.4. The molecule has 0 aromatic carbocycles. The molecular formula is C12H22N4O4. The zero-order valence-electron chi connectivity index (χ0n) is 11.6. The summed E-state index contributed by atoms with van der Waals surface area (Å²) in [6.07, 6.45) is 1.51. The van der Waals surface area contributed by atoms with Gasteiger partial charge in [-0.05, 0) is 32.4 Å². The Morgan fingerprint density at radius 2 is 2.15 bits per heavy atom. The molecule has 5 N–H and O–H groups in total. The molecule has 1 fully saturated rings. The molecule has 0 radical (unpaired) electrons. The number of nitrogens with zero attached hydrogens (tertiary/aromatic N) is 1. The Morgan fingerprint density at radius 3 is 2.70 bits per heavy atom. The molecule has 1 aliphatic rings. The van der Waals surface area contributed by atoms with E-state index in [4.69, 9.17) is 10.8 Å². The highest BCUT2D eigenvalue weighted by Gasteiger charge is 2.27. The van der Waals surface area contributed by atoms with E-state index in [0.29, 0.717) is 19.0 Å². The molecule has 0 aromatic heterocycles. The van der Waals surface area contributed by atoms with Crippen LogP contribution in [0.2, 0.25) is 0 Å². The molecule has 1 aliphatic heterocycles. The van der Waals surface area contributed by atoms with E-state index in [2.05, 4.69) is 10.6 Å². The van der Waals surface area contributed by atoms with Crippen LogP contribution >= 0.6 is 0 Å². The topological polar surface area (TPSA) is 125 Å². The lowest BCUT2D eigenvalue weighted by molar-refractivity contribution is -0.141. The van der Waals surface area contributed by atoms with Gasteiger partial charge in [-0.2, -0.15) is 0 Å². The first-order chi connectivity index (χ1) is 9.43. The Kier molecular flexibility index (Phi) is 6.23. The number of carboxylic acids is 1. The van der Waals surface area contributed by atoms with Gasteiger partial charge in [0.25, 0.3) is 0 Å². The van der Waals surface area contributed by atoms with E-state index in [1.54, 1.807) is 4.90 Å². The van der Waals surface area contributed by atoms with Crippen LogP contribution in [0, 0.1) is 5.92 Å². The molecule has 0 saturated carbocycles. The maximum absolute atomic E-state index is 12.0. The summed E-state index contributed by atoms with van der Waals surface area (Å²) in [6, 6.07) is -1.73. The van der Waals surface area contributed by atoms with Crippen LogP contribution < -0.4 is 16.4 Å². The number of amides is 3. The third-order valence-electron chi connectivity index (χ3n) is 3.30. The van der Waals surface area contributed by atoms with Gasteiger partial charge < -0.3 is 26.4 Å². The molecule has 1 heterocycles. The molecule has 2 unspecified atom stereocenters. The van der Waals surface area contributed by atoms with E-state index in [1.807, 2.05) is 7.05 Å². The number of primary amides is 1. The monoisotopic (exact) mass is 286 g/mol. The van der Waals surface area contributed by atoms with Gasteiger partial charge in [-0.1, -0.05) is 0 Å². The van der Waals surface area contributed by atoms with Gasteiger partial charge in [0.1, 0.15) is 6.04 Å². The van der Waals surface area contributed by atoms with Crippen molar-refractivity contribution in [3.63, 3.8) is 0 Å². The van der Waals surface area contributed by atoms with Crippen molar-refractivity contribution in [3.05, 3.63) is 0 Å². The Labute approximate surface area is 117 Å². The van der Waals surface area contributed by atoms with E-state index in [1.165, 1.54) is 0 Å². The van der Waals surface area contributed by atoms with Crippen LogP contribution in [0.15, 0.2) is 0 Å². The van der Waals surface area contributed by atoms with Gasteiger partial charge in [-0.25, -0.2) is 9.59 Å². The van der Waals surface area contributed by atoms with Crippen LogP contribution in [0.25, 0.3) is 0 Å². The number of likely N-dealkylation sites (tertiary alicyclic amines) is 1. The molecule has 1 saturated heterocycles. The molecule has 3 amide bonds. The van der Waals surface area contributed by atoms with E-state index >= 15 is 0 Å². The quantitative estimate of drug-likeness (QED) is 0.496. The first-order valence-electron chi connectivity index (χ1n) is 6.65. The van der Waals surface area contributed by atoms with Gasteiger partial charge in [-0.15, -0.1) is 0 Å². The number of urea groups is 1. The minimum atomic E-state index is -1.27. The second kappa shape index (κ2) is 7.68. The average Bonchev–Trinajstić information content (AvgIpc) is 2.38. The van der Waals surface area contributed by atoms with E-state index in [0.717, 1.165) is 19.4 Å². The summed E-state index contributed by atoms with van der Waals surface area (Å²) in [4.78, 5) is 35.4. The van der Waals surface area contributed by atoms with E-state index < -0.39 is 30.4 Å². The van der Waals surface area contributed by atoms with Gasteiger partial charge in [0, 0.05) is 13.1 Å². The molecule has 114 valence electrons. The number of rotatable bonds is 6. The number of aliphatic carboxylic acids is 1. The predicted octanol–water partition coefficient (Wildman–Crippen LogP) is -1.04. The lowest BCUT2D eigenvalue weighted by Gasteiger charge is -2.33. The average molecular weight is 286 g/mol. The molecule has 20 heavy (non-hydrogen) atoms. The summed E-state index contributed by atoms with van der Waals surface area (Å²) >= 11 is 0.